The van der Waals surface area contributed by atoms with Crippen molar-refractivity contribution in [2.75, 3.05) is 5.32 Å². The van der Waals surface area contributed by atoms with Gasteiger partial charge in [-0.3, -0.25) is 10.1 Å². The molecule has 2 heterocycles. The Morgan fingerprint density at radius 2 is 1.20 bits per heavy atom. The van der Waals surface area contributed by atoms with Crippen LogP contribution in [0.5, 0.6) is 0 Å². The molecule has 0 spiro atoms. The maximum Gasteiger partial charge on any atom is 0.321 e. The monoisotopic (exact) mass is 632 g/mol. The highest BCUT2D eigenvalue weighted by Crippen LogP contribution is 2.30. The predicted molar refractivity (Wildman–Crippen MR) is 179 cm³/mol. The van der Waals surface area contributed by atoms with Crippen LogP contribution in [0.2, 0.25) is 0 Å². The number of urea groups is 1. The number of rotatable bonds is 10. The molecule has 9 heteroatoms. The first kappa shape index (κ1) is 31.2. The maximum atomic E-state index is 14.8. The first-order valence-corrected chi connectivity index (χ1v) is 16.2. The second-order valence-corrected chi connectivity index (χ2v) is 12.4. The lowest BCUT2D eigenvalue weighted by atomic mass is 9.91. The summed E-state index contributed by atoms with van der Waals surface area (Å²) in [5.41, 5.74) is 3.96. The highest BCUT2D eigenvalue weighted by Gasteiger charge is 2.46. The minimum atomic E-state index is -1.24. The largest absolute Gasteiger partial charge is 0.388 e. The molecule has 4 atom stereocenters. The van der Waals surface area contributed by atoms with Gasteiger partial charge in [0, 0.05) is 30.2 Å². The van der Waals surface area contributed by atoms with E-state index in [1.165, 1.54) is 11.3 Å². The van der Waals surface area contributed by atoms with Crippen LogP contribution in [0, 0.1) is 0 Å². The molecule has 3 amide bonds. The SMILES string of the molecule is O=C(Nc1nccs1)c1cccc(CN2C(=O)N(Cc3ccccc3)[C@H](Cc3ccccc3)[C@H](O)[C@@H](O)[C@H]2Cc2ccccc2)c1. The molecule has 234 valence electrons. The molecule has 1 aliphatic rings. The van der Waals surface area contributed by atoms with Crippen molar-refractivity contribution in [1.29, 1.82) is 0 Å². The van der Waals surface area contributed by atoms with Crippen molar-refractivity contribution < 1.29 is 19.8 Å². The molecule has 0 aliphatic carbocycles. The summed E-state index contributed by atoms with van der Waals surface area (Å²) >= 11 is 1.33. The second-order valence-electron chi connectivity index (χ2n) is 11.5. The molecule has 0 unspecified atom stereocenters. The van der Waals surface area contributed by atoms with Crippen LogP contribution in [0.25, 0.3) is 0 Å². The van der Waals surface area contributed by atoms with E-state index in [1.54, 1.807) is 39.6 Å². The smallest absolute Gasteiger partial charge is 0.321 e. The Hall–Kier alpha value is -4.83. The topological polar surface area (TPSA) is 106 Å². The summed E-state index contributed by atoms with van der Waals surface area (Å²) < 4.78 is 0. The number of hydrogen-bond donors (Lipinski definition) is 3. The number of aliphatic hydroxyl groups is 2. The fraction of sp³-hybridized carbons (Fsp3) is 0.216. The lowest BCUT2D eigenvalue weighted by Crippen LogP contribution is -2.50. The number of hydrogen-bond acceptors (Lipinski definition) is 6. The van der Waals surface area contributed by atoms with Crippen molar-refractivity contribution in [3.63, 3.8) is 0 Å². The minimum Gasteiger partial charge on any atom is -0.388 e. The zero-order valence-electron chi connectivity index (χ0n) is 25.2. The van der Waals surface area contributed by atoms with Gasteiger partial charge in [-0.15, -0.1) is 11.3 Å². The molecule has 1 aromatic heterocycles. The molecule has 6 rings (SSSR count). The van der Waals surface area contributed by atoms with Crippen LogP contribution in [-0.4, -0.2) is 61.2 Å². The van der Waals surface area contributed by atoms with Crippen LogP contribution >= 0.6 is 11.3 Å². The zero-order valence-corrected chi connectivity index (χ0v) is 26.0. The van der Waals surface area contributed by atoms with Crippen molar-refractivity contribution in [2.24, 2.45) is 0 Å². The summed E-state index contributed by atoms with van der Waals surface area (Å²) in [6.07, 6.45) is -0.125. The van der Waals surface area contributed by atoms with Gasteiger partial charge < -0.3 is 20.0 Å². The van der Waals surface area contributed by atoms with Crippen LogP contribution in [0.15, 0.2) is 127 Å². The van der Waals surface area contributed by atoms with E-state index in [2.05, 4.69) is 10.3 Å². The Bertz CT molecular complexity index is 1720. The molecule has 4 aromatic carbocycles. The Labute approximate surface area is 272 Å². The van der Waals surface area contributed by atoms with Crippen LogP contribution < -0.4 is 5.32 Å². The molecule has 1 aliphatic heterocycles. The predicted octanol–water partition coefficient (Wildman–Crippen LogP) is 5.78. The fourth-order valence-corrected chi connectivity index (χ4v) is 6.58. The first-order chi connectivity index (χ1) is 22.5. The molecule has 0 bridgehead atoms. The Morgan fingerprint density at radius 1 is 0.696 bits per heavy atom. The average Bonchev–Trinajstić information content (AvgIpc) is 3.60. The minimum absolute atomic E-state index is 0.127. The van der Waals surface area contributed by atoms with Gasteiger partial charge in [0.05, 0.1) is 12.1 Å². The van der Waals surface area contributed by atoms with Gasteiger partial charge in [0.25, 0.3) is 5.91 Å². The number of anilines is 1. The van der Waals surface area contributed by atoms with Crippen LogP contribution in [0.1, 0.15) is 32.6 Å². The van der Waals surface area contributed by atoms with Gasteiger partial charge in [0.2, 0.25) is 0 Å². The van der Waals surface area contributed by atoms with Gasteiger partial charge in [0.1, 0.15) is 12.2 Å². The number of amides is 3. The summed E-state index contributed by atoms with van der Waals surface area (Å²) in [7, 11) is 0. The molecule has 0 radical (unpaired) electrons. The molecule has 5 aromatic rings. The summed E-state index contributed by atoms with van der Waals surface area (Å²) in [4.78, 5) is 35.4. The van der Waals surface area contributed by atoms with Crippen LogP contribution in [-0.2, 0) is 25.9 Å². The van der Waals surface area contributed by atoms with Gasteiger partial charge in [-0.05, 0) is 47.2 Å². The lowest BCUT2D eigenvalue weighted by molar-refractivity contribution is -0.0408. The Kier molecular flexibility index (Phi) is 9.83. The number of thiazole rings is 1. The van der Waals surface area contributed by atoms with Crippen molar-refractivity contribution >= 4 is 28.4 Å². The highest BCUT2D eigenvalue weighted by atomic mass is 32.1. The first-order valence-electron chi connectivity index (χ1n) is 15.3. The molecular formula is C37H36N4O4S. The normalized spacial score (nSPS) is 19.9. The third kappa shape index (κ3) is 7.34. The van der Waals surface area contributed by atoms with Crippen LogP contribution in [0.3, 0.4) is 0 Å². The van der Waals surface area contributed by atoms with Gasteiger partial charge >= 0.3 is 6.03 Å². The van der Waals surface area contributed by atoms with Gasteiger partial charge in [0.15, 0.2) is 5.13 Å². The zero-order chi connectivity index (χ0) is 31.9. The summed E-state index contributed by atoms with van der Waals surface area (Å²) in [5, 5.41) is 28.9. The third-order valence-electron chi connectivity index (χ3n) is 8.40. The molecule has 0 saturated carbocycles. The van der Waals surface area contributed by atoms with Gasteiger partial charge in [-0.25, -0.2) is 9.78 Å². The molecule has 1 fully saturated rings. The molecule has 46 heavy (non-hydrogen) atoms. The van der Waals surface area contributed by atoms with Gasteiger partial charge in [-0.2, -0.15) is 0 Å². The van der Waals surface area contributed by atoms with E-state index in [4.69, 9.17) is 0 Å². The molecule has 8 nitrogen and oxygen atoms in total. The third-order valence-corrected chi connectivity index (χ3v) is 9.08. The fourth-order valence-electron chi connectivity index (χ4n) is 6.06. The van der Waals surface area contributed by atoms with E-state index in [0.717, 1.165) is 22.3 Å². The number of nitrogens with zero attached hydrogens (tertiary/aromatic N) is 3. The number of carbonyl (C=O) groups excluding carboxylic acids is 2. The number of benzene rings is 4. The molecular weight excluding hydrogens is 596 g/mol. The number of aromatic nitrogens is 1. The summed E-state index contributed by atoms with van der Waals surface area (Å²) in [5.74, 6) is -0.302. The number of carbonyl (C=O) groups is 2. The average molecular weight is 633 g/mol. The summed E-state index contributed by atoms with van der Waals surface area (Å²) in [6, 6.07) is 34.5. The van der Waals surface area contributed by atoms with E-state index in [0.29, 0.717) is 23.5 Å². The second kappa shape index (κ2) is 14.5. The van der Waals surface area contributed by atoms with Crippen molar-refractivity contribution in [3.8, 4) is 0 Å². The number of aliphatic hydroxyl groups excluding tert-OH is 2. The quantitative estimate of drug-likeness (QED) is 0.181. The summed E-state index contributed by atoms with van der Waals surface area (Å²) in [6.45, 7) is 0.383. The van der Waals surface area contributed by atoms with Crippen LogP contribution in [0.4, 0.5) is 9.93 Å². The van der Waals surface area contributed by atoms with E-state index >= 15 is 0 Å². The van der Waals surface area contributed by atoms with E-state index in [9.17, 15) is 19.8 Å². The maximum absolute atomic E-state index is 14.8. The van der Waals surface area contributed by atoms with E-state index in [-0.39, 0.29) is 25.0 Å². The lowest BCUT2D eigenvalue weighted by Gasteiger charge is -2.36. The number of nitrogens with one attached hydrogen (secondary N) is 1. The highest BCUT2D eigenvalue weighted by molar-refractivity contribution is 7.13. The van der Waals surface area contributed by atoms with Crippen molar-refractivity contribution in [1.82, 2.24) is 14.8 Å². The molecule has 3 N–H and O–H groups in total. The molecule has 1 saturated heterocycles. The van der Waals surface area contributed by atoms with Gasteiger partial charge in [-0.1, -0.05) is 103 Å². The van der Waals surface area contributed by atoms with Crippen molar-refractivity contribution in [3.05, 3.63) is 155 Å². The Balaban J connectivity index is 1.38. The standard InChI is InChI=1S/C37H36N4O4S/c42-33-31(22-26-11-4-1-5-12-26)40(24-28-15-8-3-9-16-28)37(45)41(32(34(33)43)23-27-13-6-2-7-14-27)25-29-17-10-18-30(21-29)35(44)39-36-38-19-20-46-36/h1-21,31-34,42-43H,22-25H2,(H,38,39,44)/t31-,32-,33+,34+/m1/s1. The van der Waals surface area contributed by atoms with E-state index in [1.807, 2.05) is 97.1 Å². The van der Waals surface area contributed by atoms with E-state index < -0.39 is 24.3 Å². The Morgan fingerprint density at radius 3 is 1.72 bits per heavy atom. The van der Waals surface area contributed by atoms with Crippen molar-refractivity contribution in [2.45, 2.75) is 50.2 Å².